The molecule has 0 amide bonds. The van der Waals surface area contributed by atoms with Crippen LogP contribution < -0.4 is 0 Å². The molecule has 0 radical (unpaired) electrons. The topological polar surface area (TPSA) is 12.4 Å². The van der Waals surface area contributed by atoms with E-state index in [2.05, 4.69) is 43.3 Å². The fourth-order valence-corrected chi connectivity index (χ4v) is 3.67. The van der Waals surface area contributed by atoms with Crippen molar-refractivity contribution in [3.63, 3.8) is 0 Å². The number of aliphatic imine (C=N–C) groups is 1. The van der Waals surface area contributed by atoms with Gasteiger partial charge in [-0.1, -0.05) is 84.6 Å². The molecule has 20 heavy (non-hydrogen) atoms. The van der Waals surface area contributed by atoms with Crippen LogP contribution in [0.5, 0.6) is 0 Å². The summed E-state index contributed by atoms with van der Waals surface area (Å²) >= 11 is 7.20. The molecule has 1 aliphatic rings. The highest BCUT2D eigenvalue weighted by Gasteiger charge is 2.36. The summed E-state index contributed by atoms with van der Waals surface area (Å²) in [4.78, 5) is 4.90. The number of benzene rings is 2. The van der Waals surface area contributed by atoms with Crippen molar-refractivity contribution >= 4 is 33.2 Å². The number of thioether (sulfide) groups is 1. The molecular formula is C17H15NS2. The van der Waals surface area contributed by atoms with E-state index in [4.69, 9.17) is 17.2 Å². The Balaban J connectivity index is 1.90. The van der Waals surface area contributed by atoms with Crippen LogP contribution in [0.1, 0.15) is 18.1 Å². The van der Waals surface area contributed by atoms with Crippen LogP contribution in [0.3, 0.4) is 0 Å². The summed E-state index contributed by atoms with van der Waals surface area (Å²) in [6.45, 7) is 2.13. The van der Waals surface area contributed by atoms with Gasteiger partial charge in [-0.25, -0.2) is 0 Å². The van der Waals surface area contributed by atoms with Crippen LogP contribution in [0.25, 0.3) is 0 Å². The Bertz CT molecular complexity index is 649. The second-order valence-electron chi connectivity index (χ2n) is 5.11. The van der Waals surface area contributed by atoms with E-state index in [-0.39, 0.29) is 5.54 Å². The minimum atomic E-state index is -0.285. The van der Waals surface area contributed by atoms with Crippen molar-refractivity contribution in [2.24, 2.45) is 4.99 Å². The minimum Gasteiger partial charge on any atom is -0.265 e. The third-order valence-corrected chi connectivity index (χ3v) is 5.22. The van der Waals surface area contributed by atoms with Gasteiger partial charge in [0.25, 0.3) is 0 Å². The molecule has 0 saturated carbocycles. The van der Waals surface area contributed by atoms with Crippen LogP contribution in [0, 0.1) is 0 Å². The molecule has 0 aliphatic carbocycles. The first-order valence-electron chi connectivity index (χ1n) is 6.59. The van der Waals surface area contributed by atoms with Gasteiger partial charge >= 0.3 is 0 Å². The van der Waals surface area contributed by atoms with Gasteiger partial charge in [-0.2, -0.15) is 0 Å². The van der Waals surface area contributed by atoms with Gasteiger partial charge in [-0.05, 0) is 12.5 Å². The van der Waals surface area contributed by atoms with E-state index in [1.54, 1.807) is 11.8 Å². The van der Waals surface area contributed by atoms with Crippen molar-refractivity contribution in [2.45, 2.75) is 18.9 Å². The van der Waals surface area contributed by atoms with E-state index >= 15 is 0 Å². The molecule has 0 bridgehead atoms. The number of hydrogen-bond acceptors (Lipinski definition) is 3. The summed E-state index contributed by atoms with van der Waals surface area (Å²) in [6.07, 6.45) is 0.857. The van der Waals surface area contributed by atoms with Crippen LogP contribution >= 0.6 is 24.0 Å². The predicted octanol–water partition coefficient (Wildman–Crippen LogP) is 4.51. The lowest BCUT2D eigenvalue weighted by molar-refractivity contribution is 0.646. The zero-order valence-electron chi connectivity index (χ0n) is 11.2. The van der Waals surface area contributed by atoms with Gasteiger partial charge in [0, 0.05) is 12.0 Å². The monoisotopic (exact) mass is 297 g/mol. The fraction of sp³-hybridized carbons (Fsp3) is 0.176. The Hall–Kier alpha value is -1.45. The van der Waals surface area contributed by atoms with Gasteiger partial charge in [-0.3, -0.25) is 4.99 Å². The van der Waals surface area contributed by atoms with Gasteiger partial charge in [-0.15, -0.1) is 0 Å². The standard InChI is InChI=1S/C17H15NS2/c1-17(12-13-8-4-2-5-9-13)16(19)20-15(18-17)14-10-6-3-7-11-14/h2-11H,12H2,1H3/t17-/m0/s1. The first-order valence-corrected chi connectivity index (χ1v) is 7.81. The van der Waals surface area contributed by atoms with Gasteiger partial charge in [0.2, 0.25) is 0 Å². The highest BCUT2D eigenvalue weighted by atomic mass is 32.2. The van der Waals surface area contributed by atoms with Gasteiger partial charge in [0.15, 0.2) is 0 Å². The smallest absolute Gasteiger partial charge is 0.105 e. The second kappa shape index (κ2) is 5.51. The van der Waals surface area contributed by atoms with Crippen LogP contribution in [-0.4, -0.2) is 14.8 Å². The normalized spacial score (nSPS) is 21.9. The molecule has 0 N–H and O–H groups in total. The van der Waals surface area contributed by atoms with Crippen LogP contribution in [0.4, 0.5) is 0 Å². The fourth-order valence-electron chi connectivity index (χ4n) is 2.30. The maximum absolute atomic E-state index is 5.58. The average Bonchev–Trinajstić information content (AvgIpc) is 2.77. The van der Waals surface area contributed by atoms with E-state index in [0.29, 0.717) is 0 Å². The molecule has 1 aliphatic heterocycles. The Morgan fingerprint density at radius 3 is 2.25 bits per heavy atom. The molecule has 2 aromatic rings. The van der Waals surface area contributed by atoms with E-state index in [1.807, 2.05) is 24.3 Å². The Kier molecular flexibility index (Phi) is 3.72. The SMILES string of the molecule is C[C@@]1(Cc2ccccc2)N=C(c2ccccc2)SC1=S. The quantitative estimate of drug-likeness (QED) is 0.773. The Morgan fingerprint density at radius 1 is 1.00 bits per heavy atom. The van der Waals surface area contributed by atoms with E-state index in [0.717, 1.165) is 21.2 Å². The second-order valence-corrected chi connectivity index (χ2v) is 6.77. The lowest BCUT2D eigenvalue weighted by Gasteiger charge is -2.20. The molecule has 100 valence electrons. The summed E-state index contributed by atoms with van der Waals surface area (Å²) in [5, 5.41) is 1.04. The molecule has 1 nitrogen and oxygen atoms in total. The molecule has 2 aromatic carbocycles. The van der Waals surface area contributed by atoms with E-state index in [1.165, 1.54) is 5.56 Å². The predicted molar refractivity (Wildman–Crippen MR) is 91.7 cm³/mol. The molecule has 0 fully saturated rings. The van der Waals surface area contributed by atoms with Gasteiger partial charge < -0.3 is 0 Å². The average molecular weight is 297 g/mol. The largest absolute Gasteiger partial charge is 0.265 e. The summed E-state index contributed by atoms with van der Waals surface area (Å²) in [5.41, 5.74) is 2.14. The van der Waals surface area contributed by atoms with Crippen molar-refractivity contribution in [1.82, 2.24) is 0 Å². The van der Waals surface area contributed by atoms with Crippen LogP contribution in [0.15, 0.2) is 65.7 Å². The molecule has 3 heteroatoms. The highest BCUT2D eigenvalue weighted by molar-refractivity contribution is 8.34. The first-order chi connectivity index (χ1) is 9.67. The summed E-state index contributed by atoms with van der Waals surface area (Å²) < 4.78 is 0.959. The molecule has 0 unspecified atom stereocenters. The molecule has 1 atom stereocenters. The zero-order valence-corrected chi connectivity index (χ0v) is 12.9. The maximum atomic E-state index is 5.58. The number of nitrogens with zero attached hydrogens (tertiary/aromatic N) is 1. The molecule has 1 heterocycles. The summed E-state index contributed by atoms with van der Waals surface area (Å²) in [6, 6.07) is 20.7. The molecule has 0 spiro atoms. The third-order valence-electron chi connectivity index (χ3n) is 3.39. The molecule has 0 saturated heterocycles. The van der Waals surface area contributed by atoms with Crippen molar-refractivity contribution in [3.05, 3.63) is 71.8 Å². The summed E-state index contributed by atoms with van der Waals surface area (Å²) in [7, 11) is 0. The summed E-state index contributed by atoms with van der Waals surface area (Å²) in [5.74, 6) is 0. The Labute approximate surface area is 129 Å². The lowest BCUT2D eigenvalue weighted by Crippen LogP contribution is -2.29. The van der Waals surface area contributed by atoms with Gasteiger partial charge in [0.05, 0.1) is 4.20 Å². The third kappa shape index (κ3) is 2.69. The highest BCUT2D eigenvalue weighted by Crippen LogP contribution is 2.36. The molecule has 3 rings (SSSR count). The van der Waals surface area contributed by atoms with Crippen molar-refractivity contribution in [1.29, 1.82) is 0 Å². The maximum Gasteiger partial charge on any atom is 0.105 e. The van der Waals surface area contributed by atoms with Crippen LogP contribution in [-0.2, 0) is 6.42 Å². The zero-order chi connectivity index (χ0) is 14.0. The van der Waals surface area contributed by atoms with Crippen molar-refractivity contribution in [2.75, 3.05) is 0 Å². The molecular weight excluding hydrogens is 282 g/mol. The number of hydrogen-bond donors (Lipinski definition) is 0. The number of thiocarbonyl (C=S) groups is 1. The lowest BCUT2D eigenvalue weighted by atomic mass is 9.95. The number of rotatable bonds is 3. The minimum absolute atomic E-state index is 0.285. The van der Waals surface area contributed by atoms with Gasteiger partial charge in [0.1, 0.15) is 10.6 Å². The first kappa shape index (κ1) is 13.5. The molecule has 0 aromatic heterocycles. The van der Waals surface area contributed by atoms with Crippen molar-refractivity contribution in [3.8, 4) is 0 Å². The van der Waals surface area contributed by atoms with Crippen LogP contribution in [0.2, 0.25) is 0 Å². The van der Waals surface area contributed by atoms with Crippen molar-refractivity contribution < 1.29 is 0 Å². The Morgan fingerprint density at radius 2 is 1.60 bits per heavy atom. The van der Waals surface area contributed by atoms with E-state index < -0.39 is 0 Å². The van der Waals surface area contributed by atoms with E-state index in [9.17, 15) is 0 Å².